The second-order valence-electron chi connectivity index (χ2n) is 7.36. The molecule has 0 atom stereocenters. The Morgan fingerprint density at radius 1 is 0.966 bits per heavy atom. The van der Waals surface area contributed by atoms with E-state index in [1.165, 1.54) is 11.1 Å². The van der Waals surface area contributed by atoms with Crippen molar-refractivity contribution >= 4 is 22.8 Å². The third kappa shape index (κ3) is 5.44. The zero-order chi connectivity index (χ0) is 20.8. The molecule has 0 aliphatic heterocycles. The predicted octanol–water partition coefficient (Wildman–Crippen LogP) is 3.77. The van der Waals surface area contributed by atoms with Crippen LogP contribution in [0, 0.1) is 13.8 Å². The van der Waals surface area contributed by atoms with Crippen LogP contribution >= 0.6 is 0 Å². The Bertz CT molecular complexity index is 967. The van der Waals surface area contributed by atoms with Crippen LogP contribution < -0.4 is 10.6 Å². The predicted molar refractivity (Wildman–Crippen MR) is 115 cm³/mol. The number of aromatic nitrogens is 2. The molecule has 0 aliphatic carbocycles. The molecule has 3 aromatic rings. The number of H-pyrrole nitrogens is 1. The lowest BCUT2D eigenvalue weighted by atomic mass is 10.1. The summed E-state index contributed by atoms with van der Waals surface area (Å²) < 4.78 is 0. The fraction of sp³-hybridized carbons (Fsp3) is 0.348. The zero-order valence-corrected chi connectivity index (χ0v) is 17.3. The molecule has 2 amide bonds. The quantitative estimate of drug-likeness (QED) is 0.545. The van der Waals surface area contributed by atoms with Crippen molar-refractivity contribution < 1.29 is 9.59 Å². The highest BCUT2D eigenvalue weighted by atomic mass is 16.2. The number of amides is 2. The Morgan fingerprint density at radius 3 is 2.31 bits per heavy atom. The van der Waals surface area contributed by atoms with Crippen LogP contribution in [0.4, 0.5) is 0 Å². The lowest BCUT2D eigenvalue weighted by Gasteiger charge is -2.06. The fourth-order valence-electron chi connectivity index (χ4n) is 3.06. The van der Waals surface area contributed by atoms with Crippen molar-refractivity contribution in [1.82, 2.24) is 20.6 Å². The molecule has 2 aromatic carbocycles. The molecule has 6 heteroatoms. The van der Waals surface area contributed by atoms with Crippen molar-refractivity contribution in [3.05, 3.63) is 53.1 Å². The summed E-state index contributed by atoms with van der Waals surface area (Å²) in [6.45, 7) is 7.26. The Hall–Kier alpha value is -3.15. The number of carbonyl (C=O) groups excluding carboxylic acids is 2. The van der Waals surface area contributed by atoms with Crippen molar-refractivity contribution in [2.75, 3.05) is 6.54 Å². The van der Waals surface area contributed by atoms with Gasteiger partial charge in [-0.15, -0.1) is 0 Å². The van der Waals surface area contributed by atoms with E-state index in [2.05, 4.69) is 46.6 Å². The molecule has 3 N–H and O–H groups in total. The number of fused-ring (bicyclic) bond motifs is 1. The van der Waals surface area contributed by atoms with Crippen molar-refractivity contribution in [1.29, 1.82) is 0 Å². The summed E-state index contributed by atoms with van der Waals surface area (Å²) in [6.07, 6.45) is 1.31. The molecule has 29 heavy (non-hydrogen) atoms. The second-order valence-corrected chi connectivity index (χ2v) is 7.36. The molecule has 152 valence electrons. The maximum Gasteiger partial charge on any atom is 0.220 e. The highest BCUT2D eigenvalue weighted by Crippen LogP contribution is 2.23. The maximum atomic E-state index is 11.9. The lowest BCUT2D eigenvalue weighted by molar-refractivity contribution is -0.126. The lowest BCUT2D eigenvalue weighted by Crippen LogP contribution is -2.27. The van der Waals surface area contributed by atoms with Gasteiger partial charge in [0.05, 0.1) is 11.0 Å². The molecule has 0 aliphatic rings. The molecule has 1 heterocycles. The van der Waals surface area contributed by atoms with E-state index in [1.54, 1.807) is 0 Å². The summed E-state index contributed by atoms with van der Waals surface area (Å²) in [7, 11) is 0. The summed E-state index contributed by atoms with van der Waals surface area (Å²) in [5.74, 6) is 0.630. The van der Waals surface area contributed by atoms with E-state index in [-0.39, 0.29) is 24.7 Å². The third-order valence-corrected chi connectivity index (χ3v) is 4.97. The largest absolute Gasteiger partial charge is 0.356 e. The Kier molecular flexibility index (Phi) is 6.65. The van der Waals surface area contributed by atoms with Crippen LogP contribution in [0.15, 0.2) is 36.4 Å². The molecule has 0 bridgehead atoms. The van der Waals surface area contributed by atoms with Crippen molar-refractivity contribution in [3.63, 3.8) is 0 Å². The van der Waals surface area contributed by atoms with E-state index in [4.69, 9.17) is 0 Å². The van der Waals surface area contributed by atoms with E-state index >= 15 is 0 Å². The Balaban J connectivity index is 1.55. The van der Waals surface area contributed by atoms with Crippen LogP contribution in [0.1, 0.15) is 42.9 Å². The molecule has 6 nitrogen and oxygen atoms in total. The summed E-state index contributed by atoms with van der Waals surface area (Å²) in [6, 6.07) is 12.2. The number of imidazole rings is 1. The van der Waals surface area contributed by atoms with Crippen molar-refractivity contribution in [2.24, 2.45) is 0 Å². The standard InChI is InChI=1S/C23H28N4O2/c1-4-11-24-21(28)9-10-22(29)25-14-17-5-7-18(8-6-17)23-26-19-12-15(2)16(3)13-20(19)27-23/h5-8,12-13H,4,9-11,14H2,1-3H3,(H,24,28)(H,25,29)(H,26,27). The molecule has 0 saturated carbocycles. The zero-order valence-electron chi connectivity index (χ0n) is 17.3. The second kappa shape index (κ2) is 9.37. The topological polar surface area (TPSA) is 86.9 Å². The number of hydrogen-bond donors (Lipinski definition) is 3. The summed E-state index contributed by atoms with van der Waals surface area (Å²) in [4.78, 5) is 31.5. The molecule has 0 saturated heterocycles. The van der Waals surface area contributed by atoms with Gasteiger partial charge in [-0.1, -0.05) is 31.2 Å². The summed E-state index contributed by atoms with van der Waals surface area (Å²) in [5.41, 5.74) is 6.45. The SMILES string of the molecule is CCCNC(=O)CCC(=O)NCc1ccc(-c2nc3cc(C)c(C)cc3[nH]2)cc1. The first kappa shape index (κ1) is 20.6. The van der Waals surface area contributed by atoms with Crippen LogP contribution in [0.2, 0.25) is 0 Å². The monoisotopic (exact) mass is 392 g/mol. The van der Waals surface area contributed by atoms with Gasteiger partial charge in [-0.25, -0.2) is 4.98 Å². The van der Waals surface area contributed by atoms with E-state index in [9.17, 15) is 9.59 Å². The van der Waals surface area contributed by atoms with E-state index in [1.807, 2.05) is 31.2 Å². The van der Waals surface area contributed by atoms with Crippen LogP contribution in [0.25, 0.3) is 22.4 Å². The number of carbonyl (C=O) groups is 2. The summed E-state index contributed by atoms with van der Waals surface area (Å²) >= 11 is 0. The van der Waals surface area contributed by atoms with Gasteiger partial charge in [0.1, 0.15) is 5.82 Å². The number of rotatable bonds is 8. The van der Waals surface area contributed by atoms with Crippen LogP contribution in [0.3, 0.4) is 0 Å². The first-order valence-corrected chi connectivity index (χ1v) is 10.1. The molecular formula is C23H28N4O2. The molecule has 0 unspecified atom stereocenters. The molecule has 1 aromatic heterocycles. The minimum absolute atomic E-state index is 0.0809. The summed E-state index contributed by atoms with van der Waals surface area (Å²) in [5, 5.41) is 5.63. The van der Waals surface area contributed by atoms with Gasteiger partial charge in [-0.3, -0.25) is 9.59 Å². The minimum Gasteiger partial charge on any atom is -0.356 e. The smallest absolute Gasteiger partial charge is 0.220 e. The number of nitrogens with one attached hydrogen (secondary N) is 3. The molecular weight excluding hydrogens is 364 g/mol. The highest BCUT2D eigenvalue weighted by molar-refractivity contribution is 5.83. The van der Waals surface area contributed by atoms with Gasteiger partial charge in [-0.05, 0) is 49.1 Å². The van der Waals surface area contributed by atoms with E-state index < -0.39 is 0 Å². The Morgan fingerprint density at radius 2 is 1.62 bits per heavy atom. The first-order chi connectivity index (χ1) is 14.0. The average molecular weight is 393 g/mol. The van der Waals surface area contributed by atoms with Gasteiger partial charge >= 0.3 is 0 Å². The van der Waals surface area contributed by atoms with E-state index in [0.29, 0.717) is 13.1 Å². The highest BCUT2D eigenvalue weighted by Gasteiger charge is 2.08. The van der Waals surface area contributed by atoms with Gasteiger partial charge in [0.25, 0.3) is 0 Å². The normalized spacial score (nSPS) is 10.9. The van der Waals surface area contributed by atoms with Crippen LogP contribution in [0.5, 0.6) is 0 Å². The van der Waals surface area contributed by atoms with Gasteiger partial charge in [0.15, 0.2) is 0 Å². The van der Waals surface area contributed by atoms with Gasteiger partial charge < -0.3 is 15.6 Å². The number of aromatic amines is 1. The van der Waals surface area contributed by atoms with Crippen molar-refractivity contribution in [3.8, 4) is 11.4 Å². The molecule has 0 radical (unpaired) electrons. The number of benzene rings is 2. The van der Waals surface area contributed by atoms with Crippen molar-refractivity contribution in [2.45, 2.75) is 46.6 Å². The van der Waals surface area contributed by atoms with Gasteiger partial charge in [0, 0.05) is 31.5 Å². The third-order valence-electron chi connectivity index (χ3n) is 4.97. The van der Waals surface area contributed by atoms with Crippen LogP contribution in [-0.2, 0) is 16.1 Å². The molecule has 0 fully saturated rings. The average Bonchev–Trinajstić information content (AvgIpc) is 3.12. The minimum atomic E-state index is -0.122. The Labute approximate surface area is 171 Å². The maximum absolute atomic E-state index is 11.9. The number of aryl methyl sites for hydroxylation is 2. The van der Waals surface area contributed by atoms with Gasteiger partial charge in [-0.2, -0.15) is 0 Å². The van der Waals surface area contributed by atoms with Gasteiger partial charge in [0.2, 0.25) is 11.8 Å². The molecule has 3 rings (SSSR count). The number of hydrogen-bond acceptors (Lipinski definition) is 3. The number of nitrogens with zero attached hydrogens (tertiary/aromatic N) is 1. The molecule has 0 spiro atoms. The van der Waals surface area contributed by atoms with E-state index in [0.717, 1.165) is 34.4 Å². The van der Waals surface area contributed by atoms with Crippen LogP contribution in [-0.4, -0.2) is 28.3 Å². The fourth-order valence-corrected chi connectivity index (χ4v) is 3.06. The first-order valence-electron chi connectivity index (χ1n) is 10.1.